The minimum Gasteiger partial charge on any atom is -0.497 e. The Balaban J connectivity index is 1.92. The van der Waals surface area contributed by atoms with Crippen molar-refractivity contribution in [2.24, 2.45) is 0 Å². The Morgan fingerprint density at radius 3 is 2.46 bits per heavy atom. The summed E-state index contributed by atoms with van der Waals surface area (Å²) in [5, 5.41) is 0. The van der Waals surface area contributed by atoms with E-state index in [9.17, 15) is 12.8 Å². The number of ether oxygens (including phenoxy) is 3. The van der Waals surface area contributed by atoms with Gasteiger partial charge in [-0.25, -0.2) is 17.5 Å². The molecular formula is C16H18FNO5S. The van der Waals surface area contributed by atoms with Crippen molar-refractivity contribution in [1.29, 1.82) is 0 Å². The first kappa shape index (κ1) is 18.0. The SMILES string of the molecule is COc1cccc(OCCNS(=O)(=O)c2ccc(OC)c(F)c2)c1. The smallest absolute Gasteiger partial charge is 0.240 e. The topological polar surface area (TPSA) is 73.9 Å². The van der Waals surface area contributed by atoms with Crippen molar-refractivity contribution in [3.05, 3.63) is 48.3 Å². The fourth-order valence-corrected chi connectivity index (χ4v) is 2.96. The summed E-state index contributed by atoms with van der Waals surface area (Å²) in [5.74, 6) is 0.439. The average Bonchev–Trinajstić information content (AvgIpc) is 2.59. The Kier molecular flexibility index (Phi) is 5.99. The Morgan fingerprint density at radius 1 is 1.04 bits per heavy atom. The maximum atomic E-state index is 13.6. The predicted molar refractivity (Wildman–Crippen MR) is 86.6 cm³/mol. The molecule has 0 radical (unpaired) electrons. The predicted octanol–water partition coefficient (Wildman–Crippen LogP) is 2.20. The van der Waals surface area contributed by atoms with Crippen LogP contribution in [0.1, 0.15) is 0 Å². The van der Waals surface area contributed by atoms with E-state index in [1.165, 1.54) is 19.2 Å². The fourth-order valence-electron chi connectivity index (χ4n) is 1.93. The molecule has 130 valence electrons. The number of rotatable bonds is 8. The quantitative estimate of drug-likeness (QED) is 0.735. The molecule has 2 aromatic rings. The van der Waals surface area contributed by atoms with Crippen molar-refractivity contribution in [2.75, 3.05) is 27.4 Å². The number of halogens is 1. The maximum absolute atomic E-state index is 13.6. The summed E-state index contributed by atoms with van der Waals surface area (Å²) in [7, 11) is -0.976. The van der Waals surface area contributed by atoms with E-state index >= 15 is 0 Å². The van der Waals surface area contributed by atoms with Crippen LogP contribution in [-0.2, 0) is 10.0 Å². The van der Waals surface area contributed by atoms with Gasteiger partial charge in [0.1, 0.15) is 18.1 Å². The van der Waals surface area contributed by atoms with E-state index < -0.39 is 15.8 Å². The lowest BCUT2D eigenvalue weighted by molar-refractivity contribution is 0.320. The lowest BCUT2D eigenvalue weighted by Gasteiger charge is -2.10. The summed E-state index contributed by atoms with van der Waals surface area (Å²) in [5.41, 5.74) is 0. The van der Waals surface area contributed by atoms with Gasteiger partial charge in [-0.2, -0.15) is 0 Å². The normalized spacial score (nSPS) is 11.1. The minimum absolute atomic E-state index is 0.0182. The molecule has 6 nitrogen and oxygen atoms in total. The summed E-state index contributed by atoms with van der Waals surface area (Å²) < 4.78 is 55.4. The Labute approximate surface area is 140 Å². The standard InChI is InChI=1S/C16H18FNO5S/c1-21-12-4-3-5-13(10-12)23-9-8-18-24(19,20)14-6-7-16(22-2)15(17)11-14/h3-7,10-11,18H,8-9H2,1-2H3. The molecule has 0 atom stereocenters. The van der Waals surface area contributed by atoms with Gasteiger partial charge in [-0.1, -0.05) is 6.07 Å². The van der Waals surface area contributed by atoms with Crippen molar-refractivity contribution in [3.8, 4) is 17.2 Å². The van der Waals surface area contributed by atoms with E-state index in [0.717, 1.165) is 6.07 Å². The second-order valence-corrected chi connectivity index (χ2v) is 6.49. The van der Waals surface area contributed by atoms with Gasteiger partial charge in [-0.3, -0.25) is 0 Å². The van der Waals surface area contributed by atoms with Gasteiger partial charge < -0.3 is 14.2 Å². The van der Waals surface area contributed by atoms with Crippen molar-refractivity contribution in [3.63, 3.8) is 0 Å². The average molecular weight is 355 g/mol. The van der Waals surface area contributed by atoms with Gasteiger partial charge in [0.15, 0.2) is 11.6 Å². The molecule has 0 fully saturated rings. The van der Waals surface area contributed by atoms with E-state index in [2.05, 4.69) is 4.72 Å². The highest BCUT2D eigenvalue weighted by Crippen LogP contribution is 2.21. The van der Waals surface area contributed by atoms with E-state index in [1.807, 2.05) is 0 Å². The molecule has 0 spiro atoms. The first-order valence-electron chi connectivity index (χ1n) is 7.06. The number of hydrogen-bond acceptors (Lipinski definition) is 5. The maximum Gasteiger partial charge on any atom is 0.240 e. The third-order valence-corrected chi connectivity index (χ3v) is 4.60. The van der Waals surface area contributed by atoms with E-state index in [4.69, 9.17) is 14.2 Å². The largest absolute Gasteiger partial charge is 0.497 e. The van der Waals surface area contributed by atoms with Crippen LogP contribution in [0.25, 0.3) is 0 Å². The van der Waals surface area contributed by atoms with Gasteiger partial charge in [0.25, 0.3) is 0 Å². The second kappa shape index (κ2) is 7.98. The van der Waals surface area contributed by atoms with Gasteiger partial charge in [0.05, 0.1) is 19.1 Å². The molecule has 1 N–H and O–H groups in total. The molecule has 0 bridgehead atoms. The first-order valence-corrected chi connectivity index (χ1v) is 8.54. The van der Waals surface area contributed by atoms with Gasteiger partial charge >= 0.3 is 0 Å². The van der Waals surface area contributed by atoms with Crippen molar-refractivity contribution in [2.45, 2.75) is 4.90 Å². The zero-order chi connectivity index (χ0) is 17.6. The van der Waals surface area contributed by atoms with Crippen molar-refractivity contribution < 1.29 is 27.0 Å². The zero-order valence-corrected chi connectivity index (χ0v) is 14.1. The molecule has 8 heteroatoms. The summed E-state index contributed by atoms with van der Waals surface area (Å²) in [6.45, 7) is 0.151. The molecule has 0 aliphatic heterocycles. The zero-order valence-electron chi connectivity index (χ0n) is 13.3. The highest BCUT2D eigenvalue weighted by molar-refractivity contribution is 7.89. The Hall–Kier alpha value is -2.32. The third kappa shape index (κ3) is 4.59. The Morgan fingerprint density at radius 2 is 1.79 bits per heavy atom. The molecule has 0 aliphatic carbocycles. The van der Waals surface area contributed by atoms with Gasteiger partial charge in [-0.15, -0.1) is 0 Å². The van der Waals surface area contributed by atoms with Crippen LogP contribution in [0.5, 0.6) is 17.2 Å². The number of methoxy groups -OCH3 is 2. The number of hydrogen-bond donors (Lipinski definition) is 1. The molecule has 0 aliphatic rings. The summed E-state index contributed by atoms with van der Waals surface area (Å²) in [4.78, 5) is -0.179. The monoisotopic (exact) mass is 355 g/mol. The van der Waals surface area contributed by atoms with E-state index in [0.29, 0.717) is 11.5 Å². The Bertz CT molecular complexity index is 795. The third-order valence-electron chi connectivity index (χ3n) is 3.14. The van der Waals surface area contributed by atoms with Crippen LogP contribution in [0.4, 0.5) is 4.39 Å². The highest BCUT2D eigenvalue weighted by Gasteiger charge is 2.16. The molecule has 0 unspecified atom stereocenters. The molecule has 0 saturated carbocycles. The van der Waals surface area contributed by atoms with Crippen LogP contribution in [0.2, 0.25) is 0 Å². The van der Waals surface area contributed by atoms with Crippen molar-refractivity contribution >= 4 is 10.0 Å². The van der Waals surface area contributed by atoms with Gasteiger partial charge in [0.2, 0.25) is 10.0 Å². The molecule has 0 heterocycles. The number of sulfonamides is 1. The summed E-state index contributed by atoms with van der Waals surface area (Å²) >= 11 is 0. The van der Waals surface area contributed by atoms with E-state index in [1.54, 1.807) is 31.4 Å². The minimum atomic E-state index is -3.83. The lowest BCUT2D eigenvalue weighted by Crippen LogP contribution is -2.28. The molecule has 2 aromatic carbocycles. The molecular weight excluding hydrogens is 337 g/mol. The molecule has 2 rings (SSSR count). The molecule has 0 saturated heterocycles. The number of benzene rings is 2. The van der Waals surface area contributed by atoms with E-state index in [-0.39, 0.29) is 23.8 Å². The summed E-state index contributed by atoms with van der Waals surface area (Å²) in [6, 6.07) is 10.4. The first-order chi connectivity index (χ1) is 11.5. The number of nitrogens with one attached hydrogen (secondary N) is 1. The van der Waals surface area contributed by atoms with Crippen LogP contribution in [0, 0.1) is 5.82 Å². The van der Waals surface area contributed by atoms with Crippen LogP contribution < -0.4 is 18.9 Å². The van der Waals surface area contributed by atoms with Crippen LogP contribution in [0.15, 0.2) is 47.4 Å². The fraction of sp³-hybridized carbons (Fsp3) is 0.250. The second-order valence-electron chi connectivity index (χ2n) is 4.72. The molecule has 0 amide bonds. The summed E-state index contributed by atoms with van der Waals surface area (Å²) in [6.07, 6.45) is 0. The lowest BCUT2D eigenvalue weighted by atomic mass is 10.3. The van der Waals surface area contributed by atoms with Crippen molar-refractivity contribution in [1.82, 2.24) is 4.72 Å². The van der Waals surface area contributed by atoms with Crippen LogP contribution in [0.3, 0.4) is 0 Å². The highest BCUT2D eigenvalue weighted by atomic mass is 32.2. The molecule has 24 heavy (non-hydrogen) atoms. The van der Waals surface area contributed by atoms with Gasteiger partial charge in [-0.05, 0) is 30.3 Å². The molecule has 0 aromatic heterocycles. The van der Waals surface area contributed by atoms with Crippen LogP contribution >= 0.6 is 0 Å². The van der Waals surface area contributed by atoms with Crippen LogP contribution in [-0.4, -0.2) is 35.8 Å². The van der Waals surface area contributed by atoms with Gasteiger partial charge in [0, 0.05) is 12.6 Å².